The van der Waals surface area contributed by atoms with Gasteiger partial charge in [-0.1, -0.05) is 20.8 Å². The molecule has 41 heavy (non-hydrogen) atoms. The molecule has 12 nitrogen and oxygen atoms in total. The highest BCUT2D eigenvalue weighted by molar-refractivity contribution is 6.32. The second-order valence-corrected chi connectivity index (χ2v) is 12.9. The van der Waals surface area contributed by atoms with Gasteiger partial charge in [-0.05, 0) is 55.5 Å². The SMILES string of the molecule is CONCc1cc(CNCC(C)(C)C)c(O)c2c1C[C@H]1C[C@H]3[C@H](N(C)C)C(=O)C(C(N)=O)C(=O)[C@@]3(O)C(=O)C1C2=O. The zero-order chi connectivity index (χ0) is 30.6. The summed E-state index contributed by atoms with van der Waals surface area (Å²) in [7, 11) is 4.56. The quantitative estimate of drug-likeness (QED) is 0.202. The van der Waals surface area contributed by atoms with Crippen LogP contribution < -0.4 is 16.5 Å². The summed E-state index contributed by atoms with van der Waals surface area (Å²) in [6.07, 6.45) is 0.187. The van der Waals surface area contributed by atoms with Crippen molar-refractivity contribution >= 4 is 29.0 Å². The third-order valence-electron chi connectivity index (χ3n) is 8.61. The molecular weight excluding hydrogens is 532 g/mol. The number of aliphatic hydroxyl groups is 1. The number of nitrogens with one attached hydrogen (secondary N) is 2. The van der Waals surface area contributed by atoms with Crippen LogP contribution in [0.25, 0.3) is 0 Å². The largest absolute Gasteiger partial charge is 0.507 e. The van der Waals surface area contributed by atoms with Crippen LogP contribution in [0, 0.1) is 29.1 Å². The Hall–Kier alpha value is -3.03. The lowest BCUT2D eigenvalue weighted by Gasteiger charge is -2.52. The van der Waals surface area contributed by atoms with E-state index in [2.05, 4.69) is 31.6 Å². The van der Waals surface area contributed by atoms with Crippen LogP contribution in [0.2, 0.25) is 0 Å². The number of hydroxylamine groups is 1. The smallest absolute Gasteiger partial charge is 0.235 e. The van der Waals surface area contributed by atoms with E-state index in [1.165, 1.54) is 12.0 Å². The molecule has 2 unspecified atom stereocenters. The van der Waals surface area contributed by atoms with Crippen molar-refractivity contribution in [1.82, 2.24) is 15.7 Å². The number of rotatable bonds is 8. The maximum absolute atomic E-state index is 14.1. The molecule has 224 valence electrons. The number of likely N-dealkylation sites (N-methyl/N-ethyl adjacent to an activating group) is 1. The second-order valence-electron chi connectivity index (χ2n) is 12.9. The first-order valence-electron chi connectivity index (χ1n) is 13.7. The average molecular weight is 573 g/mol. The molecule has 2 saturated carbocycles. The maximum atomic E-state index is 14.1. The lowest BCUT2D eigenvalue weighted by molar-refractivity contribution is -0.181. The van der Waals surface area contributed by atoms with Gasteiger partial charge in [0, 0.05) is 31.1 Å². The molecule has 0 aromatic heterocycles. The van der Waals surface area contributed by atoms with Gasteiger partial charge in [-0.2, -0.15) is 5.48 Å². The lowest BCUT2D eigenvalue weighted by Crippen LogP contribution is -2.74. The number of amides is 1. The summed E-state index contributed by atoms with van der Waals surface area (Å²) in [4.78, 5) is 73.4. The number of primary amides is 1. The monoisotopic (exact) mass is 572 g/mol. The fourth-order valence-electron chi connectivity index (χ4n) is 6.83. The second kappa shape index (κ2) is 11.0. The Morgan fingerprint density at radius 3 is 2.37 bits per heavy atom. The first-order valence-corrected chi connectivity index (χ1v) is 13.7. The normalized spacial score (nSPS) is 29.8. The van der Waals surface area contributed by atoms with Gasteiger partial charge in [0.1, 0.15) is 5.75 Å². The van der Waals surface area contributed by atoms with Gasteiger partial charge in [0.25, 0.3) is 0 Å². The number of carbonyl (C=O) groups is 5. The summed E-state index contributed by atoms with van der Waals surface area (Å²) in [6, 6.07) is 0.647. The number of hydrogen-bond donors (Lipinski definition) is 5. The molecule has 3 aliphatic carbocycles. The van der Waals surface area contributed by atoms with Crippen molar-refractivity contribution in [2.75, 3.05) is 27.7 Å². The van der Waals surface area contributed by atoms with Crippen molar-refractivity contribution < 1.29 is 39.0 Å². The summed E-state index contributed by atoms with van der Waals surface area (Å²) in [5.41, 5.74) is 7.03. The van der Waals surface area contributed by atoms with Crippen molar-refractivity contribution in [3.8, 4) is 5.75 Å². The Labute approximate surface area is 238 Å². The number of benzene rings is 1. The Morgan fingerprint density at radius 2 is 1.80 bits per heavy atom. The molecule has 3 aliphatic rings. The van der Waals surface area contributed by atoms with E-state index < -0.39 is 64.4 Å². The molecule has 6 N–H and O–H groups in total. The van der Waals surface area contributed by atoms with Crippen LogP contribution in [0.3, 0.4) is 0 Å². The Morgan fingerprint density at radius 1 is 1.15 bits per heavy atom. The summed E-state index contributed by atoms with van der Waals surface area (Å²) < 4.78 is 0. The van der Waals surface area contributed by atoms with E-state index in [-0.39, 0.29) is 42.7 Å². The molecule has 0 bridgehead atoms. The number of hydrogen-bond acceptors (Lipinski definition) is 11. The number of nitrogens with zero attached hydrogens (tertiary/aromatic N) is 1. The van der Waals surface area contributed by atoms with Gasteiger partial charge in [0.15, 0.2) is 34.7 Å². The van der Waals surface area contributed by atoms with Crippen LogP contribution in [0.4, 0.5) is 0 Å². The van der Waals surface area contributed by atoms with E-state index in [1.807, 2.05) is 0 Å². The zero-order valence-corrected chi connectivity index (χ0v) is 24.4. The van der Waals surface area contributed by atoms with Gasteiger partial charge in [-0.25, -0.2) is 0 Å². The summed E-state index contributed by atoms with van der Waals surface area (Å²) in [6.45, 7) is 7.27. The molecule has 0 spiro atoms. The van der Waals surface area contributed by atoms with E-state index in [0.717, 1.165) is 0 Å². The van der Waals surface area contributed by atoms with Crippen molar-refractivity contribution in [1.29, 1.82) is 0 Å². The minimum Gasteiger partial charge on any atom is -0.507 e. The van der Waals surface area contributed by atoms with Crippen molar-refractivity contribution in [2.24, 2.45) is 34.8 Å². The van der Waals surface area contributed by atoms with E-state index in [4.69, 9.17) is 10.6 Å². The Kier molecular flexibility index (Phi) is 8.29. The molecule has 1 aromatic carbocycles. The van der Waals surface area contributed by atoms with Crippen molar-refractivity contribution in [3.63, 3.8) is 0 Å². The van der Waals surface area contributed by atoms with E-state index in [9.17, 15) is 34.2 Å². The minimum atomic E-state index is -2.75. The average Bonchev–Trinajstić information content (AvgIpc) is 2.85. The van der Waals surface area contributed by atoms with Crippen molar-refractivity contribution in [3.05, 3.63) is 28.3 Å². The molecule has 4 rings (SSSR count). The van der Waals surface area contributed by atoms with Gasteiger partial charge < -0.3 is 26.1 Å². The number of Topliss-reactive ketones (excluding diaryl/α,β-unsaturated/α-hetero) is 4. The molecule has 12 heteroatoms. The van der Waals surface area contributed by atoms with E-state index >= 15 is 0 Å². The highest BCUT2D eigenvalue weighted by atomic mass is 16.6. The zero-order valence-electron chi connectivity index (χ0n) is 24.4. The molecule has 2 fully saturated rings. The van der Waals surface area contributed by atoms with Gasteiger partial charge >= 0.3 is 0 Å². The van der Waals surface area contributed by atoms with Crippen LogP contribution in [0.5, 0.6) is 5.75 Å². The number of fused-ring (bicyclic) bond motifs is 3. The number of ketones is 4. The lowest BCUT2D eigenvalue weighted by atomic mass is 9.52. The highest BCUT2D eigenvalue weighted by Crippen LogP contribution is 2.51. The van der Waals surface area contributed by atoms with Crippen LogP contribution in [-0.4, -0.2) is 83.5 Å². The molecular formula is C29H40N4O8. The standard InChI is InChI=1S/C29H40N4O8/c1-28(2,3)12-31-10-15-7-14(11-32-41-6)16-8-13-9-17-21(33(4)5)24(36)20(27(30)39)26(38)29(17,40)25(37)18(13)23(35)19(16)22(15)34/h7,13,17-18,20-21,31-32,34,40H,8-12H2,1-6H3,(H2,30,39)/t13-,17-,18?,20?,21-,29-/m0/s1. The number of phenols is 1. The van der Waals surface area contributed by atoms with Crippen LogP contribution in [0.1, 0.15) is 54.2 Å². The van der Waals surface area contributed by atoms with Gasteiger partial charge in [0.05, 0.1) is 24.6 Å². The minimum absolute atomic E-state index is 0.00328. The highest BCUT2D eigenvalue weighted by Gasteiger charge is 2.69. The van der Waals surface area contributed by atoms with Crippen LogP contribution in [-0.2, 0) is 43.5 Å². The van der Waals surface area contributed by atoms with Crippen LogP contribution >= 0.6 is 0 Å². The molecule has 1 aromatic rings. The topological polar surface area (TPSA) is 188 Å². The van der Waals surface area contributed by atoms with Gasteiger partial charge in [-0.15, -0.1) is 0 Å². The van der Waals surface area contributed by atoms with E-state index in [1.54, 1.807) is 20.2 Å². The first-order chi connectivity index (χ1) is 19.1. The predicted octanol–water partition coefficient (Wildman–Crippen LogP) is -0.346. The Bertz CT molecular complexity index is 1300. The van der Waals surface area contributed by atoms with Crippen LogP contribution in [0.15, 0.2) is 6.07 Å². The number of nitrogens with two attached hydrogens (primary N) is 1. The molecule has 6 atom stereocenters. The molecule has 0 heterocycles. The third-order valence-corrected chi connectivity index (χ3v) is 8.61. The van der Waals surface area contributed by atoms with Gasteiger partial charge in [-0.3, -0.25) is 28.9 Å². The number of phenolic OH excluding ortho intramolecular Hbond substituents is 1. The summed E-state index contributed by atoms with van der Waals surface area (Å²) >= 11 is 0. The fraction of sp³-hybridized carbons (Fsp3) is 0.621. The number of aromatic hydroxyl groups is 1. The molecule has 0 saturated heterocycles. The fourth-order valence-corrected chi connectivity index (χ4v) is 6.83. The first kappa shape index (κ1) is 30.9. The number of carbonyl (C=O) groups excluding carboxylic acids is 5. The third kappa shape index (κ3) is 5.12. The van der Waals surface area contributed by atoms with Gasteiger partial charge in [0.2, 0.25) is 5.91 Å². The van der Waals surface area contributed by atoms with E-state index in [0.29, 0.717) is 23.2 Å². The summed E-state index contributed by atoms with van der Waals surface area (Å²) in [5, 5.41) is 26.3. The predicted molar refractivity (Wildman–Crippen MR) is 146 cm³/mol. The molecule has 0 radical (unpaired) electrons. The maximum Gasteiger partial charge on any atom is 0.235 e. The summed E-state index contributed by atoms with van der Waals surface area (Å²) in [5.74, 6) is -10.6. The Balaban J connectivity index is 1.82. The van der Waals surface area contributed by atoms with Crippen molar-refractivity contribution in [2.45, 2.75) is 58.3 Å². The molecule has 0 aliphatic heterocycles. The molecule has 1 amide bonds.